The number of aromatic nitrogens is 3. The molecule has 2 aromatic rings. The van der Waals surface area contributed by atoms with Crippen LogP contribution in [0.5, 0.6) is 0 Å². The molecule has 1 aliphatic rings. The van der Waals surface area contributed by atoms with Crippen molar-refractivity contribution in [3.63, 3.8) is 0 Å². The molecule has 126 valence electrons. The van der Waals surface area contributed by atoms with Crippen LogP contribution in [-0.4, -0.2) is 33.8 Å². The van der Waals surface area contributed by atoms with Gasteiger partial charge in [0.2, 0.25) is 11.9 Å². The molecule has 7 heteroatoms. The van der Waals surface area contributed by atoms with Crippen LogP contribution in [-0.2, 0) is 4.57 Å². The number of nitrogens with one attached hydrogen (secondary N) is 2. The van der Waals surface area contributed by atoms with Gasteiger partial charge in [-0.25, -0.2) is 9.97 Å². The van der Waals surface area contributed by atoms with Crippen LogP contribution in [0.3, 0.4) is 0 Å². The molecule has 0 saturated heterocycles. The Morgan fingerprint density at radius 3 is 2.29 bits per heavy atom. The predicted octanol–water partition coefficient (Wildman–Crippen LogP) is 3.38. The normalized spacial score (nSPS) is 16.1. The Morgan fingerprint density at radius 1 is 1.04 bits per heavy atom. The Bertz CT molecular complexity index is 789. The highest BCUT2D eigenvalue weighted by Crippen LogP contribution is 2.34. The molecule has 0 spiro atoms. The van der Waals surface area contributed by atoms with Crippen molar-refractivity contribution in [2.45, 2.75) is 25.3 Å². The summed E-state index contributed by atoms with van der Waals surface area (Å²) in [7, 11) is -2.24. The molecule has 0 fully saturated rings. The minimum Gasteiger partial charge on any atom is -0.348 e. The molecule has 6 nitrogen and oxygen atoms in total. The first-order valence-electron chi connectivity index (χ1n) is 7.89. The lowest BCUT2D eigenvalue weighted by Gasteiger charge is -2.25. The molecule has 0 radical (unpaired) electrons. The molecule has 2 N–H and O–H groups in total. The van der Waals surface area contributed by atoms with Crippen LogP contribution in [0, 0.1) is 0 Å². The van der Waals surface area contributed by atoms with Gasteiger partial charge >= 0.3 is 0 Å². The van der Waals surface area contributed by atoms with Gasteiger partial charge in [0.15, 0.2) is 0 Å². The molecule has 0 saturated carbocycles. The van der Waals surface area contributed by atoms with Crippen LogP contribution in [0.1, 0.15) is 19.8 Å². The van der Waals surface area contributed by atoms with Crippen molar-refractivity contribution in [3.05, 3.63) is 42.7 Å². The van der Waals surface area contributed by atoms with Gasteiger partial charge in [-0.3, -0.25) is 0 Å². The van der Waals surface area contributed by atoms with Gasteiger partial charge in [0, 0.05) is 16.5 Å². The van der Waals surface area contributed by atoms with Crippen molar-refractivity contribution >= 4 is 30.0 Å². The lowest BCUT2D eigenvalue weighted by molar-refractivity contribution is 0.548. The number of benzene rings is 1. The predicted molar refractivity (Wildman–Crippen MR) is 99.0 cm³/mol. The zero-order chi connectivity index (χ0) is 17.2. The SMILES string of the molecule is CC1(Nc2ncnc(Nc3ccc(P(C)(C)=O)cc3)n2)CC=CC1. The van der Waals surface area contributed by atoms with Crippen LogP contribution < -0.4 is 15.9 Å². The van der Waals surface area contributed by atoms with E-state index in [1.54, 1.807) is 13.3 Å². The molecule has 0 atom stereocenters. The Hall–Kier alpha value is -2.20. The maximum Gasteiger partial charge on any atom is 0.231 e. The summed E-state index contributed by atoms with van der Waals surface area (Å²) in [6.07, 6.45) is 7.72. The Kier molecular flexibility index (Phi) is 4.41. The molecule has 1 aliphatic carbocycles. The largest absolute Gasteiger partial charge is 0.348 e. The lowest BCUT2D eigenvalue weighted by Crippen LogP contribution is -2.32. The summed E-state index contributed by atoms with van der Waals surface area (Å²) in [6, 6.07) is 7.51. The van der Waals surface area contributed by atoms with E-state index in [0.29, 0.717) is 11.9 Å². The maximum atomic E-state index is 12.1. The van der Waals surface area contributed by atoms with Crippen LogP contribution in [0.2, 0.25) is 0 Å². The summed E-state index contributed by atoms with van der Waals surface area (Å²) < 4.78 is 12.1. The topological polar surface area (TPSA) is 79.8 Å². The first-order chi connectivity index (χ1) is 11.3. The molecule has 3 rings (SSSR count). The molecular formula is C17H22N5OP. The van der Waals surface area contributed by atoms with Crippen LogP contribution >= 0.6 is 7.14 Å². The van der Waals surface area contributed by atoms with Crippen LogP contribution in [0.15, 0.2) is 42.7 Å². The minimum absolute atomic E-state index is 0.0380. The molecule has 1 aromatic carbocycles. The Labute approximate surface area is 142 Å². The van der Waals surface area contributed by atoms with E-state index in [4.69, 9.17) is 0 Å². The fourth-order valence-corrected chi connectivity index (χ4v) is 3.46. The zero-order valence-corrected chi connectivity index (χ0v) is 15.0. The third-order valence-corrected chi connectivity index (χ3v) is 5.58. The summed E-state index contributed by atoms with van der Waals surface area (Å²) in [4.78, 5) is 12.8. The van der Waals surface area contributed by atoms with Crippen molar-refractivity contribution in [1.29, 1.82) is 0 Å². The highest BCUT2D eigenvalue weighted by atomic mass is 31.2. The smallest absolute Gasteiger partial charge is 0.231 e. The zero-order valence-electron chi connectivity index (χ0n) is 14.2. The highest BCUT2D eigenvalue weighted by Gasteiger charge is 2.25. The van der Waals surface area contributed by atoms with Gasteiger partial charge in [-0.05, 0) is 57.4 Å². The highest BCUT2D eigenvalue weighted by molar-refractivity contribution is 7.70. The van der Waals surface area contributed by atoms with E-state index in [9.17, 15) is 4.57 Å². The average molecular weight is 343 g/mol. The van der Waals surface area contributed by atoms with Gasteiger partial charge < -0.3 is 15.2 Å². The van der Waals surface area contributed by atoms with Crippen molar-refractivity contribution in [1.82, 2.24) is 15.0 Å². The van der Waals surface area contributed by atoms with Gasteiger partial charge in [0.25, 0.3) is 0 Å². The van der Waals surface area contributed by atoms with Gasteiger partial charge in [-0.1, -0.05) is 12.2 Å². The second-order valence-electron chi connectivity index (χ2n) is 6.72. The van der Waals surface area contributed by atoms with Gasteiger partial charge in [0.1, 0.15) is 13.5 Å². The Balaban J connectivity index is 1.71. The Morgan fingerprint density at radius 2 is 1.67 bits per heavy atom. The van der Waals surface area contributed by atoms with Gasteiger partial charge in [-0.15, -0.1) is 0 Å². The van der Waals surface area contributed by atoms with Crippen molar-refractivity contribution < 1.29 is 4.57 Å². The molecule has 0 unspecified atom stereocenters. The summed E-state index contributed by atoms with van der Waals surface area (Å²) in [5.41, 5.74) is 0.807. The fraction of sp³-hybridized carbons (Fsp3) is 0.353. The minimum atomic E-state index is -2.24. The molecule has 1 aromatic heterocycles. The monoisotopic (exact) mass is 343 g/mol. The summed E-state index contributed by atoms with van der Waals surface area (Å²) in [5, 5.41) is 7.38. The third-order valence-electron chi connectivity index (χ3n) is 4.03. The molecule has 0 aliphatic heterocycles. The van der Waals surface area contributed by atoms with Crippen molar-refractivity contribution in [2.75, 3.05) is 24.0 Å². The van der Waals surface area contributed by atoms with Gasteiger partial charge in [0.05, 0.1) is 0 Å². The summed E-state index contributed by atoms with van der Waals surface area (Å²) in [5.74, 6) is 1.04. The molecule has 0 amide bonds. The number of hydrogen-bond donors (Lipinski definition) is 2. The molecule has 0 bridgehead atoms. The van der Waals surface area contributed by atoms with E-state index in [2.05, 4.69) is 44.7 Å². The number of hydrogen-bond acceptors (Lipinski definition) is 6. The van der Waals surface area contributed by atoms with Crippen LogP contribution in [0.25, 0.3) is 0 Å². The number of anilines is 3. The second-order valence-corrected chi connectivity index (χ2v) is 9.94. The van der Waals surface area contributed by atoms with Crippen molar-refractivity contribution in [2.24, 2.45) is 0 Å². The van der Waals surface area contributed by atoms with E-state index in [-0.39, 0.29) is 5.54 Å². The summed E-state index contributed by atoms with van der Waals surface area (Å²) >= 11 is 0. The maximum absolute atomic E-state index is 12.1. The molecule has 1 heterocycles. The quantitative estimate of drug-likeness (QED) is 0.640. The van der Waals surface area contributed by atoms with E-state index >= 15 is 0 Å². The van der Waals surface area contributed by atoms with Crippen LogP contribution in [0.4, 0.5) is 17.6 Å². The average Bonchev–Trinajstić information content (AvgIpc) is 2.93. The number of nitrogens with zero attached hydrogens (tertiary/aromatic N) is 3. The van der Waals surface area contributed by atoms with Gasteiger partial charge in [-0.2, -0.15) is 4.98 Å². The molecular weight excluding hydrogens is 321 g/mol. The van der Waals surface area contributed by atoms with Crippen molar-refractivity contribution in [3.8, 4) is 0 Å². The lowest BCUT2D eigenvalue weighted by atomic mass is 10.0. The summed E-state index contributed by atoms with van der Waals surface area (Å²) in [6.45, 7) is 5.67. The fourth-order valence-electron chi connectivity index (χ4n) is 2.59. The van der Waals surface area contributed by atoms with E-state index in [0.717, 1.165) is 23.8 Å². The first-order valence-corrected chi connectivity index (χ1v) is 10.5. The molecule has 24 heavy (non-hydrogen) atoms. The van der Waals surface area contributed by atoms with E-state index in [1.165, 1.54) is 6.33 Å². The van der Waals surface area contributed by atoms with E-state index in [1.807, 2.05) is 24.3 Å². The standard InChI is InChI=1S/C17H22N5OP/c1-17(10-4-5-11-17)22-16-19-12-18-15(21-16)20-13-6-8-14(9-7-13)24(2,3)23/h4-9,12H,10-11H2,1-3H3,(H2,18,19,20,21,22). The third kappa shape index (κ3) is 4.01. The first kappa shape index (κ1) is 16.7. The number of rotatable bonds is 5. The second kappa shape index (κ2) is 6.36. The van der Waals surface area contributed by atoms with E-state index < -0.39 is 7.14 Å².